The first-order valence-electron chi connectivity index (χ1n) is 7.42. The van der Waals surface area contributed by atoms with Crippen molar-refractivity contribution in [3.05, 3.63) is 61.5 Å². The first-order valence-corrected chi connectivity index (χ1v) is 9.01. The van der Waals surface area contributed by atoms with Crippen LogP contribution in [0.3, 0.4) is 0 Å². The number of ether oxygens (including phenoxy) is 1. The van der Waals surface area contributed by atoms with Crippen LogP contribution in [-0.2, 0) is 17.8 Å². The van der Waals surface area contributed by atoms with Crippen molar-refractivity contribution >= 4 is 37.8 Å². The lowest BCUT2D eigenvalue weighted by Crippen LogP contribution is -2.32. The maximum Gasteiger partial charge on any atom is 0.320 e. The van der Waals surface area contributed by atoms with E-state index in [0.29, 0.717) is 12.4 Å². The Kier molecular flexibility index (Phi) is 6.43. The summed E-state index contributed by atoms with van der Waals surface area (Å²) in [5.41, 5.74) is 9.91. The number of carboxylic acids is 1. The summed E-state index contributed by atoms with van der Waals surface area (Å²) in [6, 6.07) is 9.06. The van der Waals surface area contributed by atoms with E-state index < -0.39 is 12.0 Å². The van der Waals surface area contributed by atoms with Crippen LogP contribution in [0.25, 0.3) is 0 Å². The lowest BCUT2D eigenvalue weighted by molar-refractivity contribution is -0.138. The van der Waals surface area contributed by atoms with Gasteiger partial charge in [0.1, 0.15) is 18.4 Å². The van der Waals surface area contributed by atoms with Crippen molar-refractivity contribution in [3.63, 3.8) is 0 Å². The monoisotopic (exact) mass is 455 g/mol. The Morgan fingerprint density at radius 3 is 2.12 bits per heavy atom. The average molecular weight is 457 g/mol. The zero-order valence-electron chi connectivity index (χ0n) is 13.5. The molecule has 0 fully saturated rings. The van der Waals surface area contributed by atoms with Crippen molar-refractivity contribution < 1.29 is 14.6 Å². The molecule has 0 aliphatic heterocycles. The molecule has 0 saturated heterocycles. The van der Waals surface area contributed by atoms with Crippen LogP contribution in [0.5, 0.6) is 5.75 Å². The minimum atomic E-state index is -1.02. The highest BCUT2D eigenvalue weighted by Crippen LogP contribution is 2.35. The molecule has 0 aliphatic carbocycles. The fraction of sp³-hybridized carbons (Fsp3) is 0.278. The molecule has 0 bridgehead atoms. The van der Waals surface area contributed by atoms with Crippen LogP contribution in [0.2, 0.25) is 0 Å². The Morgan fingerprint density at radius 1 is 1.08 bits per heavy atom. The molecule has 2 aromatic rings. The Labute approximate surface area is 158 Å². The lowest BCUT2D eigenvalue weighted by atomic mass is 10.1. The van der Waals surface area contributed by atoms with Crippen LogP contribution in [0, 0.1) is 13.8 Å². The molecule has 0 aliphatic rings. The largest absolute Gasteiger partial charge is 0.487 e. The van der Waals surface area contributed by atoms with Crippen LogP contribution in [-0.4, -0.2) is 17.1 Å². The second-order valence-electron chi connectivity index (χ2n) is 5.82. The average Bonchev–Trinajstić information content (AvgIpc) is 2.45. The highest BCUT2D eigenvalue weighted by molar-refractivity contribution is 9.11. The van der Waals surface area contributed by atoms with Crippen molar-refractivity contribution in [1.29, 1.82) is 0 Å². The molecular formula is C18H19Br2NO3. The van der Waals surface area contributed by atoms with Gasteiger partial charge in [-0.2, -0.15) is 0 Å². The quantitative estimate of drug-likeness (QED) is 0.677. The summed E-state index contributed by atoms with van der Waals surface area (Å²) in [6.45, 7) is 4.57. The number of nitrogens with two attached hydrogens (primary N) is 1. The first-order chi connectivity index (χ1) is 11.3. The number of carbonyl (C=O) groups is 1. The number of halogens is 2. The molecule has 24 heavy (non-hydrogen) atoms. The molecule has 0 radical (unpaired) electrons. The predicted octanol–water partition coefficient (Wildman–Crippen LogP) is 4.36. The molecular weight excluding hydrogens is 438 g/mol. The van der Waals surface area contributed by atoms with E-state index in [-0.39, 0.29) is 6.42 Å². The molecule has 0 amide bonds. The van der Waals surface area contributed by atoms with E-state index in [4.69, 9.17) is 15.6 Å². The number of aliphatic carboxylic acids is 1. The number of hydrogen-bond donors (Lipinski definition) is 2. The van der Waals surface area contributed by atoms with Gasteiger partial charge in [0.05, 0.1) is 8.95 Å². The molecule has 1 atom stereocenters. The van der Waals surface area contributed by atoms with Gasteiger partial charge in [-0.3, -0.25) is 4.79 Å². The molecule has 2 aromatic carbocycles. The summed E-state index contributed by atoms with van der Waals surface area (Å²) in [5, 5.41) is 8.92. The number of aryl methyl sites for hydroxylation is 2. The van der Waals surface area contributed by atoms with Gasteiger partial charge in [-0.25, -0.2) is 0 Å². The molecule has 128 valence electrons. The summed E-state index contributed by atoms with van der Waals surface area (Å²) < 4.78 is 7.45. The third-order valence-corrected chi connectivity index (χ3v) is 4.67. The maximum absolute atomic E-state index is 10.9. The summed E-state index contributed by atoms with van der Waals surface area (Å²) in [5.74, 6) is -0.334. The second-order valence-corrected chi connectivity index (χ2v) is 7.53. The Bertz CT molecular complexity index is 719. The number of hydrogen-bond acceptors (Lipinski definition) is 3. The molecule has 0 heterocycles. The fourth-order valence-electron chi connectivity index (χ4n) is 2.52. The Hall–Kier alpha value is -1.37. The van der Waals surface area contributed by atoms with E-state index >= 15 is 0 Å². The lowest BCUT2D eigenvalue weighted by Gasteiger charge is -2.14. The summed E-state index contributed by atoms with van der Waals surface area (Å²) in [6.07, 6.45) is 0.254. The minimum absolute atomic E-state index is 0.254. The van der Waals surface area contributed by atoms with Crippen molar-refractivity contribution in [1.82, 2.24) is 0 Å². The third-order valence-electron chi connectivity index (χ3n) is 3.50. The summed E-state index contributed by atoms with van der Waals surface area (Å²) in [7, 11) is 0. The van der Waals surface area contributed by atoms with Gasteiger partial charge in [-0.15, -0.1) is 0 Å². The van der Waals surface area contributed by atoms with Gasteiger partial charge in [0.2, 0.25) is 0 Å². The van der Waals surface area contributed by atoms with Crippen LogP contribution in [0.15, 0.2) is 39.3 Å². The van der Waals surface area contributed by atoms with E-state index in [9.17, 15) is 4.79 Å². The zero-order valence-corrected chi connectivity index (χ0v) is 16.6. The van der Waals surface area contributed by atoms with Gasteiger partial charge < -0.3 is 15.6 Å². The molecule has 6 heteroatoms. The molecule has 0 saturated carbocycles. The van der Waals surface area contributed by atoms with Crippen molar-refractivity contribution in [3.8, 4) is 5.75 Å². The van der Waals surface area contributed by atoms with E-state index in [1.54, 1.807) is 0 Å². The third kappa shape index (κ3) is 5.06. The van der Waals surface area contributed by atoms with Gasteiger partial charge in [0.15, 0.2) is 0 Å². The van der Waals surface area contributed by atoms with Crippen molar-refractivity contribution in [2.45, 2.75) is 32.9 Å². The number of carboxylic acid groups (broad SMARTS) is 1. The predicted molar refractivity (Wildman–Crippen MR) is 101 cm³/mol. The smallest absolute Gasteiger partial charge is 0.320 e. The Morgan fingerprint density at radius 2 is 1.62 bits per heavy atom. The van der Waals surface area contributed by atoms with Gasteiger partial charge in [-0.05, 0) is 75.4 Å². The van der Waals surface area contributed by atoms with E-state index in [0.717, 1.165) is 20.1 Å². The minimum Gasteiger partial charge on any atom is -0.487 e. The van der Waals surface area contributed by atoms with Crippen LogP contribution in [0.4, 0.5) is 0 Å². The zero-order chi connectivity index (χ0) is 17.9. The Balaban J connectivity index is 2.14. The van der Waals surface area contributed by atoms with Crippen molar-refractivity contribution in [2.24, 2.45) is 5.73 Å². The van der Waals surface area contributed by atoms with Gasteiger partial charge in [0.25, 0.3) is 0 Å². The molecule has 1 unspecified atom stereocenters. The number of benzene rings is 2. The van der Waals surface area contributed by atoms with Gasteiger partial charge in [-0.1, -0.05) is 29.3 Å². The summed E-state index contributed by atoms with van der Waals surface area (Å²) in [4.78, 5) is 10.9. The normalized spacial score (nSPS) is 12.0. The van der Waals surface area contributed by atoms with Crippen LogP contribution >= 0.6 is 31.9 Å². The molecule has 0 aromatic heterocycles. The van der Waals surface area contributed by atoms with Crippen molar-refractivity contribution in [2.75, 3.05) is 0 Å². The maximum atomic E-state index is 10.9. The topological polar surface area (TPSA) is 72.5 Å². The number of rotatable bonds is 6. The molecule has 0 spiro atoms. The van der Waals surface area contributed by atoms with Gasteiger partial charge >= 0.3 is 5.97 Å². The molecule has 3 N–H and O–H groups in total. The SMILES string of the molecule is Cc1cc(C)cc(COc2c(Br)cc(CC(N)C(=O)O)cc2Br)c1. The highest BCUT2D eigenvalue weighted by Gasteiger charge is 2.15. The van der Waals surface area contributed by atoms with Crippen LogP contribution < -0.4 is 10.5 Å². The van der Waals surface area contributed by atoms with Crippen LogP contribution in [0.1, 0.15) is 22.3 Å². The van der Waals surface area contributed by atoms with Gasteiger partial charge in [0, 0.05) is 0 Å². The highest BCUT2D eigenvalue weighted by atomic mass is 79.9. The molecule has 4 nitrogen and oxygen atoms in total. The van der Waals surface area contributed by atoms with E-state index in [1.165, 1.54) is 11.1 Å². The molecule has 2 rings (SSSR count). The first kappa shape index (κ1) is 19.0. The van der Waals surface area contributed by atoms with E-state index in [1.807, 2.05) is 12.1 Å². The summed E-state index contributed by atoms with van der Waals surface area (Å²) >= 11 is 6.97. The fourth-order valence-corrected chi connectivity index (χ4v) is 4.03. The standard InChI is InChI=1S/C18H19Br2NO3/c1-10-3-11(2)5-13(4-10)9-24-17-14(19)6-12(7-15(17)20)8-16(21)18(22)23/h3-7,16H,8-9,21H2,1-2H3,(H,22,23). The van der Waals surface area contributed by atoms with E-state index in [2.05, 4.69) is 63.9 Å². The second kappa shape index (κ2) is 8.14.